The molecule has 2 rings (SSSR count). The normalized spacial score (nSPS) is 11.4. The van der Waals surface area contributed by atoms with E-state index in [0.29, 0.717) is 5.88 Å². The number of sulfonamides is 1. The van der Waals surface area contributed by atoms with E-state index in [-0.39, 0.29) is 11.4 Å². The molecule has 2 aromatic rings. The van der Waals surface area contributed by atoms with Crippen LogP contribution in [0.5, 0.6) is 0 Å². The third-order valence-corrected chi connectivity index (χ3v) is 4.53. The summed E-state index contributed by atoms with van der Waals surface area (Å²) in [7, 11) is -3.47. The topological polar surface area (TPSA) is 46.2 Å². The Morgan fingerprint density at radius 3 is 2.15 bits per heavy atom. The average Bonchev–Trinajstić information content (AvgIpc) is 2.47. The van der Waals surface area contributed by atoms with Gasteiger partial charge in [0.15, 0.2) is 0 Å². The van der Waals surface area contributed by atoms with Gasteiger partial charge in [0.05, 0.1) is 4.90 Å². The summed E-state index contributed by atoms with van der Waals surface area (Å²) < 4.78 is 26.9. The first-order valence-electron chi connectivity index (χ1n) is 6.30. The molecule has 0 heterocycles. The molecule has 0 spiro atoms. The Labute approximate surface area is 124 Å². The van der Waals surface area contributed by atoms with Gasteiger partial charge in [-0.05, 0) is 29.7 Å². The Bertz CT molecular complexity index is 639. The summed E-state index contributed by atoms with van der Waals surface area (Å²) in [6, 6.07) is 16.2. The second kappa shape index (κ2) is 6.88. The molecule has 0 saturated carbocycles. The monoisotopic (exact) mass is 309 g/mol. The largest absolute Gasteiger partial charge is 0.240 e. The van der Waals surface area contributed by atoms with Crippen LogP contribution in [-0.4, -0.2) is 14.3 Å². The van der Waals surface area contributed by atoms with Crippen LogP contribution in [0.1, 0.15) is 11.1 Å². The molecule has 1 N–H and O–H groups in total. The van der Waals surface area contributed by atoms with Crippen LogP contribution in [-0.2, 0) is 23.0 Å². The van der Waals surface area contributed by atoms with Gasteiger partial charge < -0.3 is 0 Å². The fourth-order valence-electron chi connectivity index (χ4n) is 1.80. The molecule has 0 bridgehead atoms. The standard InChI is InChI=1S/C15H16ClNO2S/c16-11-10-13-6-8-15(9-7-13)20(18,19)17-12-14-4-2-1-3-5-14/h1-9,17H,10-12H2. The fourth-order valence-corrected chi connectivity index (χ4v) is 3.04. The van der Waals surface area contributed by atoms with Crippen molar-refractivity contribution >= 4 is 21.6 Å². The molecule has 20 heavy (non-hydrogen) atoms. The van der Waals surface area contributed by atoms with E-state index >= 15 is 0 Å². The van der Waals surface area contributed by atoms with Crippen LogP contribution in [0.25, 0.3) is 0 Å². The van der Waals surface area contributed by atoms with Crippen LogP contribution in [0.15, 0.2) is 59.5 Å². The number of alkyl halides is 1. The molecule has 0 aliphatic heterocycles. The maximum atomic E-state index is 12.1. The zero-order chi connectivity index (χ0) is 14.4. The van der Waals surface area contributed by atoms with Crippen molar-refractivity contribution in [3.8, 4) is 0 Å². The van der Waals surface area contributed by atoms with Gasteiger partial charge in [-0.2, -0.15) is 0 Å². The van der Waals surface area contributed by atoms with E-state index in [1.54, 1.807) is 24.3 Å². The quantitative estimate of drug-likeness (QED) is 0.834. The minimum absolute atomic E-state index is 0.270. The SMILES string of the molecule is O=S(=O)(NCc1ccccc1)c1ccc(CCCl)cc1. The Morgan fingerprint density at radius 2 is 1.55 bits per heavy atom. The highest BCUT2D eigenvalue weighted by Gasteiger charge is 2.13. The van der Waals surface area contributed by atoms with E-state index in [2.05, 4.69) is 4.72 Å². The molecule has 0 radical (unpaired) electrons. The third kappa shape index (κ3) is 4.07. The lowest BCUT2D eigenvalue weighted by Gasteiger charge is -2.07. The van der Waals surface area contributed by atoms with E-state index in [1.165, 1.54) is 0 Å². The van der Waals surface area contributed by atoms with Crippen molar-refractivity contribution in [2.24, 2.45) is 0 Å². The molecular weight excluding hydrogens is 294 g/mol. The summed E-state index contributed by atoms with van der Waals surface area (Å²) in [5, 5.41) is 0. The van der Waals surface area contributed by atoms with E-state index in [9.17, 15) is 8.42 Å². The maximum absolute atomic E-state index is 12.1. The Hall–Kier alpha value is -1.36. The Kier molecular flexibility index (Phi) is 5.17. The molecule has 0 aromatic heterocycles. The summed E-state index contributed by atoms with van der Waals surface area (Å²) in [5.41, 5.74) is 1.96. The van der Waals surface area contributed by atoms with E-state index in [1.807, 2.05) is 30.3 Å². The maximum Gasteiger partial charge on any atom is 0.240 e. The van der Waals surface area contributed by atoms with Crippen molar-refractivity contribution in [2.75, 3.05) is 5.88 Å². The van der Waals surface area contributed by atoms with Crippen molar-refractivity contribution in [3.05, 3.63) is 65.7 Å². The highest BCUT2D eigenvalue weighted by atomic mass is 35.5. The Morgan fingerprint density at radius 1 is 0.900 bits per heavy atom. The molecular formula is C15H16ClNO2S. The van der Waals surface area contributed by atoms with Crippen LogP contribution >= 0.6 is 11.6 Å². The van der Waals surface area contributed by atoms with Gasteiger partial charge in [-0.15, -0.1) is 11.6 Å². The van der Waals surface area contributed by atoms with Gasteiger partial charge in [0, 0.05) is 12.4 Å². The molecule has 5 heteroatoms. The fraction of sp³-hybridized carbons (Fsp3) is 0.200. The number of aryl methyl sites for hydroxylation is 1. The van der Waals surface area contributed by atoms with Crippen LogP contribution in [0, 0.1) is 0 Å². The van der Waals surface area contributed by atoms with E-state index < -0.39 is 10.0 Å². The van der Waals surface area contributed by atoms with Crippen molar-refractivity contribution < 1.29 is 8.42 Å². The lowest BCUT2D eigenvalue weighted by Crippen LogP contribution is -2.23. The molecule has 2 aromatic carbocycles. The highest BCUT2D eigenvalue weighted by Crippen LogP contribution is 2.12. The average molecular weight is 310 g/mol. The smallest absolute Gasteiger partial charge is 0.207 e. The van der Waals surface area contributed by atoms with Crippen LogP contribution in [0.4, 0.5) is 0 Å². The second-order valence-electron chi connectivity index (χ2n) is 4.39. The summed E-state index contributed by atoms with van der Waals surface area (Å²) >= 11 is 5.65. The van der Waals surface area contributed by atoms with Gasteiger partial charge in [-0.1, -0.05) is 42.5 Å². The lowest BCUT2D eigenvalue weighted by atomic mass is 10.2. The summed E-state index contributed by atoms with van der Waals surface area (Å²) in [4.78, 5) is 0.270. The first kappa shape index (κ1) is 15.0. The first-order valence-corrected chi connectivity index (χ1v) is 8.32. The molecule has 0 fully saturated rings. The van der Waals surface area contributed by atoms with Crippen molar-refractivity contribution in [2.45, 2.75) is 17.9 Å². The third-order valence-electron chi connectivity index (χ3n) is 2.93. The number of nitrogens with one attached hydrogen (secondary N) is 1. The van der Waals surface area contributed by atoms with Gasteiger partial charge >= 0.3 is 0 Å². The zero-order valence-corrected chi connectivity index (χ0v) is 12.5. The van der Waals surface area contributed by atoms with Gasteiger partial charge in [-0.3, -0.25) is 0 Å². The predicted octanol–water partition coefficient (Wildman–Crippen LogP) is 2.95. The summed E-state index contributed by atoms with van der Waals surface area (Å²) in [5.74, 6) is 0.526. The molecule has 0 saturated heterocycles. The first-order chi connectivity index (χ1) is 9.62. The second-order valence-corrected chi connectivity index (χ2v) is 6.54. The molecule has 0 aliphatic carbocycles. The molecule has 0 amide bonds. The number of halogens is 1. The predicted molar refractivity (Wildman–Crippen MR) is 81.3 cm³/mol. The molecule has 0 atom stereocenters. The number of rotatable bonds is 6. The number of benzene rings is 2. The van der Waals surface area contributed by atoms with Crippen LogP contribution in [0.3, 0.4) is 0 Å². The van der Waals surface area contributed by atoms with E-state index in [4.69, 9.17) is 11.6 Å². The summed E-state index contributed by atoms with van der Waals surface area (Å²) in [6.45, 7) is 0.284. The van der Waals surface area contributed by atoms with Crippen molar-refractivity contribution in [3.63, 3.8) is 0 Å². The van der Waals surface area contributed by atoms with E-state index in [0.717, 1.165) is 17.5 Å². The molecule has 0 unspecified atom stereocenters. The number of hydrogen-bond donors (Lipinski definition) is 1. The van der Waals surface area contributed by atoms with Gasteiger partial charge in [-0.25, -0.2) is 13.1 Å². The molecule has 106 valence electrons. The highest BCUT2D eigenvalue weighted by molar-refractivity contribution is 7.89. The zero-order valence-electron chi connectivity index (χ0n) is 10.9. The minimum atomic E-state index is -3.47. The van der Waals surface area contributed by atoms with Gasteiger partial charge in [0.25, 0.3) is 0 Å². The summed E-state index contributed by atoms with van der Waals surface area (Å²) in [6.07, 6.45) is 0.735. The van der Waals surface area contributed by atoms with Crippen molar-refractivity contribution in [1.29, 1.82) is 0 Å². The van der Waals surface area contributed by atoms with Gasteiger partial charge in [0.1, 0.15) is 0 Å². The lowest BCUT2D eigenvalue weighted by molar-refractivity contribution is 0.581. The Balaban J connectivity index is 2.06. The van der Waals surface area contributed by atoms with Crippen molar-refractivity contribution in [1.82, 2.24) is 4.72 Å². The molecule has 0 aliphatic rings. The minimum Gasteiger partial charge on any atom is -0.207 e. The van der Waals surface area contributed by atoms with Crippen LogP contribution < -0.4 is 4.72 Å². The van der Waals surface area contributed by atoms with Crippen LogP contribution in [0.2, 0.25) is 0 Å². The number of hydrogen-bond acceptors (Lipinski definition) is 2. The molecule has 3 nitrogen and oxygen atoms in total. The van der Waals surface area contributed by atoms with Gasteiger partial charge in [0.2, 0.25) is 10.0 Å².